The molecule has 4 rings (SSSR count). The first-order chi connectivity index (χ1) is 13.7. The highest BCUT2D eigenvalue weighted by Gasteiger charge is 2.07. The summed E-state index contributed by atoms with van der Waals surface area (Å²) >= 11 is 0. The van der Waals surface area contributed by atoms with Gasteiger partial charge in [0.15, 0.2) is 5.82 Å². The maximum Gasteiger partial charge on any atom is 0.152 e. The van der Waals surface area contributed by atoms with Gasteiger partial charge in [-0.25, -0.2) is 0 Å². The zero-order chi connectivity index (χ0) is 19.3. The van der Waals surface area contributed by atoms with Gasteiger partial charge >= 0.3 is 0 Å². The molecule has 1 aromatic heterocycles. The van der Waals surface area contributed by atoms with Crippen molar-refractivity contribution < 1.29 is 4.74 Å². The molecule has 3 aromatic carbocycles. The van der Waals surface area contributed by atoms with Gasteiger partial charge in [0.1, 0.15) is 12.4 Å². The van der Waals surface area contributed by atoms with Crippen LogP contribution in [-0.2, 0) is 6.61 Å². The van der Waals surface area contributed by atoms with Crippen molar-refractivity contribution in [2.45, 2.75) is 20.5 Å². The predicted molar refractivity (Wildman–Crippen MR) is 114 cm³/mol. The molecule has 2 N–H and O–H groups in total. The lowest BCUT2D eigenvalue weighted by atomic mass is 10.0. The largest absolute Gasteiger partial charge is 0.489 e. The number of nitrogens with one attached hydrogen (secondary N) is 2. The molecule has 1 heterocycles. The molecule has 0 atom stereocenters. The van der Waals surface area contributed by atoms with Crippen LogP contribution in [-0.4, -0.2) is 10.2 Å². The number of aromatic amines is 1. The molecule has 0 fully saturated rings. The Hall–Kier alpha value is -3.53. The van der Waals surface area contributed by atoms with Gasteiger partial charge in [-0.05, 0) is 49.2 Å². The van der Waals surface area contributed by atoms with Gasteiger partial charge in [0.25, 0.3) is 0 Å². The third-order valence-electron chi connectivity index (χ3n) is 4.62. The second-order valence-electron chi connectivity index (χ2n) is 6.91. The number of nitrogens with zero attached hydrogens (tertiary/aromatic N) is 1. The van der Waals surface area contributed by atoms with E-state index >= 15 is 0 Å². The minimum absolute atomic E-state index is 0.562. The lowest BCUT2D eigenvalue weighted by Gasteiger charge is -2.08. The number of hydrogen-bond donors (Lipinski definition) is 2. The molecule has 0 spiro atoms. The van der Waals surface area contributed by atoms with E-state index in [4.69, 9.17) is 4.74 Å². The summed E-state index contributed by atoms with van der Waals surface area (Å²) in [7, 11) is 0. The number of benzene rings is 3. The molecule has 4 nitrogen and oxygen atoms in total. The van der Waals surface area contributed by atoms with Crippen LogP contribution in [0.5, 0.6) is 5.75 Å². The Bertz CT molecular complexity index is 1050. The standard InChI is InChI=1S/C24H23N3O/c1-17-8-13-22(18(2)14-17)23-15-24(27-26-23)25-20-9-11-21(12-10-20)28-16-19-6-4-3-5-7-19/h3-15H,16H2,1-2H3,(H2,25,26,27). The Balaban J connectivity index is 1.40. The average molecular weight is 369 g/mol. The summed E-state index contributed by atoms with van der Waals surface area (Å²) in [4.78, 5) is 0. The summed E-state index contributed by atoms with van der Waals surface area (Å²) in [6.07, 6.45) is 0. The zero-order valence-electron chi connectivity index (χ0n) is 16.1. The molecular weight excluding hydrogens is 346 g/mol. The van der Waals surface area contributed by atoms with Crippen LogP contribution in [0.25, 0.3) is 11.3 Å². The van der Waals surface area contributed by atoms with E-state index in [9.17, 15) is 0 Å². The highest BCUT2D eigenvalue weighted by Crippen LogP contribution is 2.26. The molecule has 0 unspecified atom stereocenters. The Kier molecular flexibility index (Phi) is 5.11. The molecule has 140 valence electrons. The molecule has 0 aliphatic carbocycles. The van der Waals surface area contributed by atoms with Gasteiger partial charge in [-0.2, -0.15) is 5.10 Å². The van der Waals surface area contributed by atoms with Crippen molar-refractivity contribution in [1.82, 2.24) is 10.2 Å². The van der Waals surface area contributed by atoms with E-state index in [1.54, 1.807) is 0 Å². The van der Waals surface area contributed by atoms with Gasteiger partial charge in [-0.15, -0.1) is 0 Å². The number of aromatic nitrogens is 2. The van der Waals surface area contributed by atoms with Crippen molar-refractivity contribution in [2.24, 2.45) is 0 Å². The Morgan fingerprint density at radius 2 is 1.68 bits per heavy atom. The number of hydrogen-bond acceptors (Lipinski definition) is 3. The van der Waals surface area contributed by atoms with E-state index in [-0.39, 0.29) is 0 Å². The molecule has 0 bridgehead atoms. The van der Waals surface area contributed by atoms with Gasteiger partial charge in [-0.3, -0.25) is 5.10 Å². The zero-order valence-corrected chi connectivity index (χ0v) is 16.1. The first kappa shape index (κ1) is 17.9. The lowest BCUT2D eigenvalue weighted by molar-refractivity contribution is 0.306. The van der Waals surface area contributed by atoms with Crippen molar-refractivity contribution in [3.05, 3.63) is 95.6 Å². The summed E-state index contributed by atoms with van der Waals surface area (Å²) in [5.74, 6) is 1.63. The van der Waals surface area contributed by atoms with E-state index in [0.717, 1.165) is 34.1 Å². The fourth-order valence-electron chi connectivity index (χ4n) is 3.16. The molecule has 28 heavy (non-hydrogen) atoms. The summed E-state index contributed by atoms with van der Waals surface area (Å²) in [5, 5.41) is 10.8. The van der Waals surface area contributed by atoms with Crippen LogP contribution >= 0.6 is 0 Å². The van der Waals surface area contributed by atoms with Crippen molar-refractivity contribution in [3.8, 4) is 17.0 Å². The Morgan fingerprint density at radius 1 is 0.893 bits per heavy atom. The van der Waals surface area contributed by atoms with Gasteiger partial charge in [0.2, 0.25) is 0 Å². The maximum atomic E-state index is 5.83. The van der Waals surface area contributed by atoms with Crippen LogP contribution < -0.4 is 10.1 Å². The van der Waals surface area contributed by atoms with E-state index in [1.807, 2.05) is 48.5 Å². The van der Waals surface area contributed by atoms with Crippen LogP contribution in [0.1, 0.15) is 16.7 Å². The number of ether oxygens (including phenoxy) is 1. The minimum atomic E-state index is 0.562. The van der Waals surface area contributed by atoms with Crippen LogP contribution in [0.2, 0.25) is 0 Å². The molecule has 4 heteroatoms. The van der Waals surface area contributed by atoms with Crippen LogP contribution in [0.3, 0.4) is 0 Å². The molecule has 0 saturated heterocycles. The van der Waals surface area contributed by atoms with Gasteiger partial charge in [-0.1, -0.05) is 54.1 Å². The van der Waals surface area contributed by atoms with E-state index in [1.165, 1.54) is 11.1 Å². The van der Waals surface area contributed by atoms with Crippen molar-refractivity contribution in [2.75, 3.05) is 5.32 Å². The topological polar surface area (TPSA) is 49.9 Å². The normalized spacial score (nSPS) is 10.6. The average Bonchev–Trinajstić information content (AvgIpc) is 3.16. The number of rotatable bonds is 6. The summed E-state index contributed by atoms with van der Waals surface area (Å²) < 4.78 is 5.83. The molecule has 0 saturated carbocycles. The second-order valence-corrected chi connectivity index (χ2v) is 6.91. The lowest BCUT2D eigenvalue weighted by Crippen LogP contribution is -1.95. The summed E-state index contributed by atoms with van der Waals surface area (Å²) in [5.41, 5.74) is 6.77. The SMILES string of the molecule is Cc1ccc(-c2cc(Nc3ccc(OCc4ccccc4)cc3)n[nH]2)c(C)c1. The summed E-state index contributed by atoms with van der Waals surface area (Å²) in [6.45, 7) is 4.78. The number of anilines is 2. The molecular formula is C24H23N3O. The van der Waals surface area contributed by atoms with Crippen molar-refractivity contribution in [3.63, 3.8) is 0 Å². The van der Waals surface area contributed by atoms with Crippen LogP contribution in [0.15, 0.2) is 78.9 Å². The molecule has 0 aliphatic heterocycles. The van der Waals surface area contributed by atoms with E-state index < -0.39 is 0 Å². The van der Waals surface area contributed by atoms with Crippen LogP contribution in [0, 0.1) is 13.8 Å². The highest BCUT2D eigenvalue weighted by atomic mass is 16.5. The number of H-pyrrole nitrogens is 1. The fraction of sp³-hybridized carbons (Fsp3) is 0.125. The van der Waals surface area contributed by atoms with E-state index in [0.29, 0.717) is 6.61 Å². The molecule has 0 radical (unpaired) electrons. The van der Waals surface area contributed by atoms with Crippen molar-refractivity contribution in [1.29, 1.82) is 0 Å². The summed E-state index contributed by atoms with van der Waals surface area (Å²) in [6, 6.07) is 26.5. The number of aryl methyl sites for hydroxylation is 2. The Labute approximate surface area is 165 Å². The monoisotopic (exact) mass is 369 g/mol. The minimum Gasteiger partial charge on any atom is -0.489 e. The smallest absolute Gasteiger partial charge is 0.152 e. The molecule has 0 amide bonds. The van der Waals surface area contributed by atoms with Gasteiger partial charge < -0.3 is 10.1 Å². The first-order valence-corrected chi connectivity index (χ1v) is 9.34. The third kappa shape index (κ3) is 4.23. The predicted octanol–water partition coefficient (Wildman–Crippen LogP) is 6.02. The van der Waals surface area contributed by atoms with Gasteiger partial charge in [0, 0.05) is 17.3 Å². The molecule has 4 aromatic rings. The maximum absolute atomic E-state index is 5.83. The van der Waals surface area contributed by atoms with E-state index in [2.05, 4.69) is 59.7 Å². The quantitative estimate of drug-likeness (QED) is 0.437. The fourth-order valence-corrected chi connectivity index (χ4v) is 3.16. The molecule has 0 aliphatic rings. The van der Waals surface area contributed by atoms with Gasteiger partial charge in [0.05, 0.1) is 5.69 Å². The van der Waals surface area contributed by atoms with Crippen molar-refractivity contribution >= 4 is 11.5 Å². The second kappa shape index (κ2) is 8.01. The third-order valence-corrected chi connectivity index (χ3v) is 4.62. The first-order valence-electron chi connectivity index (χ1n) is 9.34. The van der Waals surface area contributed by atoms with Crippen LogP contribution in [0.4, 0.5) is 11.5 Å². The Morgan fingerprint density at radius 3 is 2.43 bits per heavy atom. The highest BCUT2D eigenvalue weighted by molar-refractivity contribution is 5.68.